The zero-order valence-corrected chi connectivity index (χ0v) is 24.8. The molecule has 0 spiro atoms. The van der Waals surface area contributed by atoms with Crippen LogP contribution in [0.25, 0.3) is 0 Å². The van der Waals surface area contributed by atoms with Gasteiger partial charge < -0.3 is 19.4 Å². The van der Waals surface area contributed by atoms with Gasteiger partial charge in [0.2, 0.25) is 0 Å². The Morgan fingerprint density at radius 2 is 1.75 bits per heavy atom. The van der Waals surface area contributed by atoms with E-state index < -0.39 is 0 Å². The highest BCUT2D eigenvalue weighted by atomic mass is 35.5. The maximum Gasteiger partial charge on any atom is 0.269 e. The van der Waals surface area contributed by atoms with Gasteiger partial charge in [-0.05, 0) is 64.4 Å². The Hall–Kier alpha value is -2.94. The first-order chi connectivity index (χ1) is 19.2. The Morgan fingerprint density at radius 3 is 2.33 bits per heavy atom. The van der Waals surface area contributed by atoms with Gasteiger partial charge in [-0.1, -0.05) is 44.5 Å². The largest absolute Gasteiger partial charge is 0.378 e. The first-order valence-electron chi connectivity index (χ1n) is 13.9. The molecule has 2 amide bonds. The quantitative estimate of drug-likeness (QED) is 0.381. The molecular formula is C31H35ClN4O3S. The van der Waals surface area contributed by atoms with Crippen molar-refractivity contribution in [2.45, 2.75) is 26.2 Å². The Kier molecular flexibility index (Phi) is 7.36. The Balaban J connectivity index is 1.14. The average Bonchev–Trinajstić information content (AvgIpc) is 3.26. The highest BCUT2D eigenvalue weighted by Gasteiger charge is 2.57. The zero-order valence-electron chi connectivity index (χ0n) is 23.2. The minimum absolute atomic E-state index is 0.0546. The van der Waals surface area contributed by atoms with Crippen LogP contribution in [0, 0.1) is 17.8 Å². The van der Waals surface area contributed by atoms with Crippen molar-refractivity contribution in [1.29, 1.82) is 0 Å². The maximum atomic E-state index is 13.7. The molecule has 3 aromatic rings. The number of carbonyl (C=O) groups is 2. The number of pyridine rings is 1. The van der Waals surface area contributed by atoms with E-state index in [1.54, 1.807) is 12.3 Å². The number of halogens is 1. The highest BCUT2D eigenvalue weighted by molar-refractivity contribution is 7.12. The van der Waals surface area contributed by atoms with Crippen LogP contribution in [0.1, 0.15) is 46.4 Å². The van der Waals surface area contributed by atoms with Crippen molar-refractivity contribution >= 4 is 46.3 Å². The first kappa shape index (κ1) is 27.2. The van der Waals surface area contributed by atoms with Gasteiger partial charge >= 0.3 is 0 Å². The standard InChI is InChI=1S/C31H35ClN4O3S/c1-31(2,3)21-6-4-20(5-7-21)29(37)35-17-23-24(18-35)25(23)19-36(30(38)28-26(32)10-15-40-28)22-8-9-27(33-16-22)34-11-13-39-14-12-34/h4-10,15-16,23-25H,11-14,17-19H2,1-3H3. The molecular weight excluding hydrogens is 544 g/mol. The van der Waals surface area contributed by atoms with Gasteiger partial charge in [-0.2, -0.15) is 0 Å². The topological polar surface area (TPSA) is 66.0 Å². The minimum Gasteiger partial charge on any atom is -0.378 e. The van der Waals surface area contributed by atoms with Crippen LogP contribution in [0.15, 0.2) is 54.0 Å². The van der Waals surface area contributed by atoms with E-state index in [1.807, 2.05) is 39.4 Å². The zero-order chi connectivity index (χ0) is 28.0. The fourth-order valence-electron chi connectivity index (χ4n) is 5.98. The van der Waals surface area contributed by atoms with Gasteiger partial charge in [0.1, 0.15) is 10.7 Å². The van der Waals surface area contributed by atoms with Crippen LogP contribution >= 0.6 is 22.9 Å². The van der Waals surface area contributed by atoms with Crippen molar-refractivity contribution in [2.24, 2.45) is 17.8 Å². The Bertz CT molecular complexity index is 1370. The van der Waals surface area contributed by atoms with Crippen LogP contribution in [0.4, 0.5) is 11.5 Å². The number of hydrogen-bond donors (Lipinski definition) is 0. The monoisotopic (exact) mass is 578 g/mol. The molecule has 3 fully saturated rings. The lowest BCUT2D eigenvalue weighted by molar-refractivity contribution is 0.0766. The number of nitrogens with zero attached hydrogens (tertiary/aromatic N) is 4. The molecule has 40 heavy (non-hydrogen) atoms. The van der Waals surface area contributed by atoms with Gasteiger partial charge in [-0.3, -0.25) is 9.59 Å². The highest BCUT2D eigenvalue weighted by Crippen LogP contribution is 2.52. The summed E-state index contributed by atoms with van der Waals surface area (Å²) in [7, 11) is 0. The molecule has 2 atom stereocenters. The van der Waals surface area contributed by atoms with E-state index in [1.165, 1.54) is 16.9 Å². The van der Waals surface area contributed by atoms with E-state index >= 15 is 0 Å². The maximum absolute atomic E-state index is 13.7. The lowest BCUT2D eigenvalue weighted by atomic mass is 9.86. The van der Waals surface area contributed by atoms with Gasteiger partial charge in [-0.25, -0.2) is 4.98 Å². The van der Waals surface area contributed by atoms with E-state index in [0.29, 0.717) is 47.4 Å². The van der Waals surface area contributed by atoms with Crippen molar-refractivity contribution in [3.63, 3.8) is 0 Å². The number of hydrogen-bond acceptors (Lipinski definition) is 6. The predicted molar refractivity (Wildman–Crippen MR) is 160 cm³/mol. The average molecular weight is 579 g/mol. The van der Waals surface area contributed by atoms with Crippen LogP contribution in [-0.2, 0) is 10.2 Å². The third-order valence-electron chi connectivity index (χ3n) is 8.49. The molecule has 2 aliphatic heterocycles. The van der Waals surface area contributed by atoms with Crippen molar-refractivity contribution in [3.8, 4) is 0 Å². The predicted octanol–water partition coefficient (Wildman–Crippen LogP) is 5.60. The molecule has 6 rings (SSSR count). The summed E-state index contributed by atoms with van der Waals surface area (Å²) in [4.78, 5) is 38.1. The summed E-state index contributed by atoms with van der Waals surface area (Å²) in [5, 5.41) is 2.32. The number of likely N-dealkylation sites (tertiary alicyclic amines) is 1. The SMILES string of the molecule is CC(C)(C)c1ccc(C(=O)N2CC3C(C2)C3CN(C(=O)c2sccc2Cl)c2ccc(N3CCOCC3)nc2)cc1. The van der Waals surface area contributed by atoms with E-state index in [0.717, 1.165) is 43.2 Å². The number of rotatable bonds is 6. The number of morpholine rings is 1. The summed E-state index contributed by atoms with van der Waals surface area (Å²) in [6, 6.07) is 13.7. The summed E-state index contributed by atoms with van der Waals surface area (Å²) in [6.45, 7) is 11.6. The summed E-state index contributed by atoms with van der Waals surface area (Å²) >= 11 is 7.73. The van der Waals surface area contributed by atoms with Crippen LogP contribution in [0.3, 0.4) is 0 Å². The summed E-state index contributed by atoms with van der Waals surface area (Å²) < 4.78 is 5.46. The third kappa shape index (κ3) is 5.37. The number of ether oxygens (including phenoxy) is 1. The van der Waals surface area contributed by atoms with Crippen molar-refractivity contribution < 1.29 is 14.3 Å². The molecule has 2 unspecified atom stereocenters. The van der Waals surface area contributed by atoms with Gasteiger partial charge in [0.25, 0.3) is 11.8 Å². The van der Waals surface area contributed by atoms with Gasteiger partial charge in [-0.15, -0.1) is 11.3 Å². The second-order valence-corrected chi connectivity index (χ2v) is 13.3. The summed E-state index contributed by atoms with van der Waals surface area (Å²) in [5.41, 5.74) is 2.78. The van der Waals surface area contributed by atoms with Crippen LogP contribution in [-0.4, -0.2) is 67.6 Å². The second-order valence-electron chi connectivity index (χ2n) is 12.0. The number of piperidine rings is 1. The molecule has 0 radical (unpaired) electrons. The number of anilines is 2. The van der Waals surface area contributed by atoms with E-state index in [-0.39, 0.29) is 17.2 Å². The van der Waals surface area contributed by atoms with E-state index in [9.17, 15) is 9.59 Å². The Labute approximate surface area is 244 Å². The molecule has 210 valence electrons. The molecule has 1 aromatic carbocycles. The lowest BCUT2D eigenvalue weighted by Gasteiger charge is -2.29. The normalized spacial score (nSPS) is 22.2. The molecule has 2 aromatic heterocycles. The number of amides is 2. The number of fused-ring (bicyclic) bond motifs is 1. The molecule has 7 nitrogen and oxygen atoms in total. The number of benzene rings is 1. The molecule has 4 heterocycles. The molecule has 0 bridgehead atoms. The summed E-state index contributed by atoms with van der Waals surface area (Å²) in [5.74, 6) is 2.01. The molecule has 2 saturated heterocycles. The van der Waals surface area contributed by atoms with Crippen LogP contribution in [0.2, 0.25) is 5.02 Å². The fourth-order valence-corrected chi connectivity index (χ4v) is 7.07. The van der Waals surface area contributed by atoms with Crippen molar-refractivity contribution in [1.82, 2.24) is 9.88 Å². The van der Waals surface area contributed by atoms with Crippen LogP contribution < -0.4 is 9.80 Å². The molecule has 3 aliphatic rings. The van der Waals surface area contributed by atoms with Gasteiger partial charge in [0.15, 0.2) is 0 Å². The molecule has 1 aliphatic carbocycles. The first-order valence-corrected chi connectivity index (χ1v) is 15.2. The van der Waals surface area contributed by atoms with E-state index in [4.69, 9.17) is 21.3 Å². The number of carbonyl (C=O) groups excluding carboxylic acids is 2. The van der Waals surface area contributed by atoms with Crippen LogP contribution in [0.5, 0.6) is 0 Å². The smallest absolute Gasteiger partial charge is 0.269 e. The van der Waals surface area contributed by atoms with E-state index in [2.05, 4.69) is 37.8 Å². The van der Waals surface area contributed by atoms with Crippen molar-refractivity contribution in [2.75, 3.05) is 55.7 Å². The van der Waals surface area contributed by atoms with Gasteiger partial charge in [0, 0.05) is 38.3 Å². The van der Waals surface area contributed by atoms with Gasteiger partial charge in [0.05, 0.1) is 30.1 Å². The summed E-state index contributed by atoms with van der Waals surface area (Å²) in [6.07, 6.45) is 1.79. The third-order valence-corrected chi connectivity index (χ3v) is 9.81. The minimum atomic E-state index is -0.0993. The number of aromatic nitrogens is 1. The number of thiophene rings is 1. The lowest BCUT2D eigenvalue weighted by Crippen LogP contribution is -2.37. The fraction of sp³-hybridized carbons (Fsp3) is 0.452. The van der Waals surface area contributed by atoms with Crippen molar-refractivity contribution in [3.05, 3.63) is 75.1 Å². The molecule has 1 saturated carbocycles. The molecule has 9 heteroatoms. The second kappa shape index (κ2) is 10.8. The Morgan fingerprint density at radius 1 is 1.05 bits per heavy atom. The molecule has 0 N–H and O–H groups in total.